The van der Waals surface area contributed by atoms with Crippen LogP contribution in [0.3, 0.4) is 0 Å². The van der Waals surface area contributed by atoms with Crippen molar-refractivity contribution in [3.63, 3.8) is 0 Å². The van der Waals surface area contributed by atoms with Crippen molar-refractivity contribution in [2.24, 2.45) is 0 Å². The average molecular weight is 235 g/mol. The van der Waals surface area contributed by atoms with E-state index in [2.05, 4.69) is 31.3 Å². The summed E-state index contributed by atoms with van der Waals surface area (Å²) in [7, 11) is 0. The Hall–Kier alpha value is -1.35. The van der Waals surface area contributed by atoms with Gasteiger partial charge in [-0.15, -0.1) is 0 Å². The van der Waals surface area contributed by atoms with E-state index in [4.69, 9.17) is 5.11 Å². The van der Waals surface area contributed by atoms with E-state index in [1.54, 1.807) is 0 Å². The summed E-state index contributed by atoms with van der Waals surface area (Å²) in [5.74, 6) is 0.516. The molecule has 0 spiro atoms. The molecule has 0 saturated carbocycles. The van der Waals surface area contributed by atoms with Gasteiger partial charge in [0.15, 0.2) is 0 Å². The van der Waals surface area contributed by atoms with Gasteiger partial charge in [0.1, 0.15) is 0 Å². The number of carbonyl (C=O) groups is 1. The van der Waals surface area contributed by atoms with Crippen LogP contribution < -0.4 is 5.32 Å². The quantitative estimate of drug-likeness (QED) is 0.790. The van der Waals surface area contributed by atoms with Crippen LogP contribution in [0.4, 0.5) is 0 Å². The van der Waals surface area contributed by atoms with Crippen LogP contribution in [-0.2, 0) is 11.2 Å². The fraction of sp³-hybridized carbons (Fsp3) is 0.500. The fourth-order valence-corrected chi connectivity index (χ4v) is 1.64. The van der Waals surface area contributed by atoms with E-state index < -0.39 is 0 Å². The van der Waals surface area contributed by atoms with E-state index in [-0.39, 0.29) is 12.5 Å². The molecular formula is C14H21NO2. The van der Waals surface area contributed by atoms with Crippen LogP contribution in [0.1, 0.15) is 37.3 Å². The van der Waals surface area contributed by atoms with Gasteiger partial charge in [-0.1, -0.05) is 38.1 Å². The number of benzene rings is 1. The predicted octanol–water partition coefficient (Wildman–Crippen LogP) is 1.85. The molecule has 1 atom stereocenters. The van der Waals surface area contributed by atoms with Crippen LogP contribution in [0, 0.1) is 0 Å². The minimum Gasteiger partial charge on any atom is -0.395 e. The van der Waals surface area contributed by atoms with Gasteiger partial charge in [0.2, 0.25) is 5.91 Å². The van der Waals surface area contributed by atoms with Gasteiger partial charge >= 0.3 is 0 Å². The number of hydrogen-bond donors (Lipinski definition) is 2. The minimum absolute atomic E-state index is 0.0152. The average Bonchev–Trinajstić information content (AvgIpc) is 2.36. The van der Waals surface area contributed by atoms with E-state index in [0.29, 0.717) is 18.9 Å². The normalized spacial score (nSPS) is 12.2. The molecule has 1 aromatic rings. The first-order valence-electron chi connectivity index (χ1n) is 6.13. The molecule has 3 nitrogen and oxygen atoms in total. The summed E-state index contributed by atoms with van der Waals surface area (Å²) in [6, 6.07) is 8.17. The minimum atomic E-state index is -0.0460. The first kappa shape index (κ1) is 13.7. The Balaban J connectivity index is 2.53. The highest BCUT2D eigenvalue weighted by molar-refractivity contribution is 5.78. The number of aliphatic hydroxyl groups is 1. The number of aliphatic hydroxyl groups excluding tert-OH is 1. The number of nitrogens with one attached hydrogen (secondary N) is 1. The first-order chi connectivity index (χ1) is 8.17. The van der Waals surface area contributed by atoms with Gasteiger partial charge in [0.05, 0.1) is 13.0 Å². The van der Waals surface area contributed by atoms with Crippen molar-refractivity contribution in [2.75, 3.05) is 13.2 Å². The monoisotopic (exact) mass is 235 g/mol. The van der Waals surface area contributed by atoms with Crippen molar-refractivity contribution >= 4 is 5.91 Å². The molecule has 0 aliphatic rings. The molecule has 1 unspecified atom stereocenters. The lowest BCUT2D eigenvalue weighted by atomic mass is 9.97. The van der Waals surface area contributed by atoms with Gasteiger partial charge < -0.3 is 10.4 Å². The first-order valence-corrected chi connectivity index (χ1v) is 6.13. The highest BCUT2D eigenvalue weighted by Crippen LogP contribution is 2.18. The largest absolute Gasteiger partial charge is 0.395 e. The molecule has 94 valence electrons. The van der Waals surface area contributed by atoms with Gasteiger partial charge in [0, 0.05) is 6.54 Å². The van der Waals surface area contributed by atoms with E-state index in [9.17, 15) is 4.79 Å². The number of rotatable bonds is 6. The Kier molecular flexibility index (Phi) is 5.70. The summed E-state index contributed by atoms with van der Waals surface area (Å²) in [5.41, 5.74) is 2.32. The molecule has 17 heavy (non-hydrogen) atoms. The van der Waals surface area contributed by atoms with E-state index >= 15 is 0 Å². The Morgan fingerprint density at radius 1 is 1.35 bits per heavy atom. The molecule has 1 rings (SSSR count). The standard InChI is InChI=1S/C14H21NO2/c1-3-11(2)13-6-4-12(5-7-13)10-14(17)15-8-9-16/h4-7,11,16H,3,8-10H2,1-2H3,(H,15,17). The molecular weight excluding hydrogens is 214 g/mol. The highest BCUT2D eigenvalue weighted by Gasteiger charge is 2.05. The van der Waals surface area contributed by atoms with E-state index in [1.807, 2.05) is 12.1 Å². The second-order valence-electron chi connectivity index (χ2n) is 4.30. The predicted molar refractivity (Wildman–Crippen MR) is 68.9 cm³/mol. The van der Waals surface area contributed by atoms with Crippen molar-refractivity contribution < 1.29 is 9.90 Å². The Bertz CT molecular complexity index is 346. The molecule has 0 saturated heterocycles. The lowest BCUT2D eigenvalue weighted by Gasteiger charge is -2.09. The summed E-state index contributed by atoms with van der Waals surface area (Å²) in [6.45, 7) is 4.67. The zero-order valence-electron chi connectivity index (χ0n) is 10.6. The van der Waals surface area contributed by atoms with Crippen LogP contribution in [0.5, 0.6) is 0 Å². The molecule has 0 heterocycles. The molecule has 0 bridgehead atoms. The van der Waals surface area contributed by atoms with Crippen molar-refractivity contribution in [1.82, 2.24) is 5.32 Å². The molecule has 0 aliphatic carbocycles. The van der Waals surface area contributed by atoms with Gasteiger partial charge in [-0.05, 0) is 23.5 Å². The van der Waals surface area contributed by atoms with Gasteiger partial charge in [-0.25, -0.2) is 0 Å². The lowest BCUT2D eigenvalue weighted by molar-refractivity contribution is -0.120. The maximum absolute atomic E-state index is 11.4. The maximum Gasteiger partial charge on any atom is 0.224 e. The van der Waals surface area contributed by atoms with Crippen molar-refractivity contribution in [3.05, 3.63) is 35.4 Å². The third kappa shape index (κ3) is 4.57. The summed E-state index contributed by atoms with van der Waals surface area (Å²) < 4.78 is 0. The topological polar surface area (TPSA) is 49.3 Å². The summed E-state index contributed by atoms with van der Waals surface area (Å²) in [6.07, 6.45) is 1.50. The molecule has 2 N–H and O–H groups in total. The fourth-order valence-electron chi connectivity index (χ4n) is 1.64. The zero-order valence-corrected chi connectivity index (χ0v) is 10.6. The smallest absolute Gasteiger partial charge is 0.224 e. The molecule has 3 heteroatoms. The second-order valence-corrected chi connectivity index (χ2v) is 4.30. The Morgan fingerprint density at radius 2 is 2.00 bits per heavy atom. The zero-order chi connectivity index (χ0) is 12.7. The Labute approximate surface area is 103 Å². The van der Waals surface area contributed by atoms with E-state index in [1.165, 1.54) is 5.56 Å². The lowest BCUT2D eigenvalue weighted by Crippen LogP contribution is -2.27. The molecule has 1 amide bonds. The number of carbonyl (C=O) groups excluding carboxylic acids is 1. The molecule has 0 aliphatic heterocycles. The van der Waals surface area contributed by atoms with Crippen molar-refractivity contribution in [1.29, 1.82) is 0 Å². The van der Waals surface area contributed by atoms with Gasteiger partial charge in [-0.2, -0.15) is 0 Å². The summed E-state index contributed by atoms with van der Waals surface area (Å²) in [5, 5.41) is 11.2. The second kappa shape index (κ2) is 7.07. The van der Waals surface area contributed by atoms with E-state index in [0.717, 1.165) is 12.0 Å². The number of hydrogen-bond acceptors (Lipinski definition) is 2. The van der Waals surface area contributed by atoms with Crippen LogP contribution in [0.15, 0.2) is 24.3 Å². The van der Waals surface area contributed by atoms with Crippen LogP contribution in [0.25, 0.3) is 0 Å². The Morgan fingerprint density at radius 3 is 2.53 bits per heavy atom. The summed E-state index contributed by atoms with van der Waals surface area (Å²) >= 11 is 0. The third-order valence-electron chi connectivity index (χ3n) is 2.96. The molecule has 0 radical (unpaired) electrons. The van der Waals surface area contributed by atoms with Crippen LogP contribution >= 0.6 is 0 Å². The van der Waals surface area contributed by atoms with Gasteiger partial charge in [-0.3, -0.25) is 4.79 Å². The SMILES string of the molecule is CCC(C)c1ccc(CC(=O)NCCO)cc1. The highest BCUT2D eigenvalue weighted by atomic mass is 16.3. The molecule has 0 aromatic heterocycles. The third-order valence-corrected chi connectivity index (χ3v) is 2.96. The number of amides is 1. The van der Waals surface area contributed by atoms with Crippen molar-refractivity contribution in [3.8, 4) is 0 Å². The van der Waals surface area contributed by atoms with Crippen LogP contribution in [0.2, 0.25) is 0 Å². The van der Waals surface area contributed by atoms with Crippen LogP contribution in [-0.4, -0.2) is 24.2 Å². The van der Waals surface area contributed by atoms with Gasteiger partial charge in [0.25, 0.3) is 0 Å². The molecule has 1 aromatic carbocycles. The van der Waals surface area contributed by atoms with Crippen molar-refractivity contribution in [2.45, 2.75) is 32.6 Å². The summed E-state index contributed by atoms with van der Waals surface area (Å²) in [4.78, 5) is 11.4. The molecule has 0 fully saturated rings. The maximum atomic E-state index is 11.4.